The Kier molecular flexibility index (Phi) is 4.45. The standard InChI is InChI=1S/C9H10ClN3O5S/c1-5(9(11)14)12-19(17,18)6-2-3-7(10)8(4-6)13(15)16/h2-5,12H,1H3,(H2,11,14). The molecule has 0 radical (unpaired) electrons. The van der Waals surface area contributed by atoms with Gasteiger partial charge in [-0.05, 0) is 19.1 Å². The van der Waals surface area contributed by atoms with Gasteiger partial charge >= 0.3 is 0 Å². The molecule has 104 valence electrons. The maximum absolute atomic E-state index is 11.8. The van der Waals surface area contributed by atoms with E-state index in [1.165, 1.54) is 6.92 Å². The Labute approximate surface area is 113 Å². The van der Waals surface area contributed by atoms with Crippen molar-refractivity contribution in [1.29, 1.82) is 0 Å². The lowest BCUT2D eigenvalue weighted by Crippen LogP contribution is -2.42. The number of sulfonamides is 1. The summed E-state index contributed by atoms with van der Waals surface area (Å²) in [6, 6.07) is 1.84. The Morgan fingerprint density at radius 1 is 1.53 bits per heavy atom. The number of hydrogen-bond donors (Lipinski definition) is 2. The largest absolute Gasteiger partial charge is 0.368 e. The van der Waals surface area contributed by atoms with Crippen LogP contribution in [0.1, 0.15) is 6.92 Å². The Balaban J connectivity index is 3.19. The minimum Gasteiger partial charge on any atom is -0.368 e. The third-order valence-corrected chi connectivity index (χ3v) is 4.04. The van der Waals surface area contributed by atoms with Crippen LogP contribution in [0.15, 0.2) is 23.1 Å². The number of primary amides is 1. The van der Waals surface area contributed by atoms with E-state index >= 15 is 0 Å². The van der Waals surface area contributed by atoms with Crippen LogP contribution in [0.5, 0.6) is 0 Å². The average molecular weight is 308 g/mol. The third-order valence-electron chi connectivity index (χ3n) is 2.18. The quantitative estimate of drug-likeness (QED) is 0.600. The minimum atomic E-state index is -4.09. The number of carbonyl (C=O) groups is 1. The van der Waals surface area contributed by atoms with Crippen molar-refractivity contribution in [2.75, 3.05) is 0 Å². The topological polar surface area (TPSA) is 132 Å². The first-order chi connectivity index (χ1) is 8.65. The molecule has 1 rings (SSSR count). The van der Waals surface area contributed by atoms with Gasteiger partial charge in [0.05, 0.1) is 15.9 Å². The van der Waals surface area contributed by atoms with Crippen LogP contribution in [0, 0.1) is 10.1 Å². The highest BCUT2D eigenvalue weighted by atomic mass is 35.5. The molecule has 0 fully saturated rings. The smallest absolute Gasteiger partial charge is 0.289 e. The third kappa shape index (κ3) is 3.63. The van der Waals surface area contributed by atoms with Crippen LogP contribution in [0.3, 0.4) is 0 Å². The molecule has 8 nitrogen and oxygen atoms in total. The molecule has 1 amide bonds. The Morgan fingerprint density at radius 3 is 2.58 bits per heavy atom. The Morgan fingerprint density at radius 2 is 2.11 bits per heavy atom. The second kappa shape index (κ2) is 5.51. The monoisotopic (exact) mass is 307 g/mol. The second-order valence-corrected chi connectivity index (χ2v) is 5.74. The molecular formula is C9H10ClN3O5S. The molecule has 0 aliphatic carbocycles. The molecule has 3 N–H and O–H groups in total. The first-order valence-electron chi connectivity index (χ1n) is 4.90. The van der Waals surface area contributed by atoms with E-state index in [1.54, 1.807) is 0 Å². The van der Waals surface area contributed by atoms with Crippen LogP contribution >= 0.6 is 11.6 Å². The lowest BCUT2D eigenvalue weighted by molar-refractivity contribution is -0.384. The number of hydrogen-bond acceptors (Lipinski definition) is 5. The summed E-state index contributed by atoms with van der Waals surface area (Å²) < 4.78 is 25.7. The molecular weight excluding hydrogens is 298 g/mol. The van der Waals surface area contributed by atoms with Gasteiger partial charge in [-0.1, -0.05) is 11.6 Å². The fraction of sp³-hybridized carbons (Fsp3) is 0.222. The maximum atomic E-state index is 11.8. The molecule has 1 aromatic rings. The number of nitrogens with one attached hydrogen (secondary N) is 1. The van der Waals surface area contributed by atoms with Gasteiger partial charge in [0.25, 0.3) is 5.69 Å². The zero-order valence-electron chi connectivity index (χ0n) is 9.66. The molecule has 0 aliphatic heterocycles. The Bertz CT molecular complexity index is 631. The first-order valence-corrected chi connectivity index (χ1v) is 6.77. The summed E-state index contributed by atoms with van der Waals surface area (Å²) in [6.45, 7) is 1.25. The van der Waals surface area contributed by atoms with Crippen LogP contribution in [0.25, 0.3) is 0 Å². The van der Waals surface area contributed by atoms with Crippen molar-refractivity contribution >= 4 is 33.2 Å². The fourth-order valence-corrected chi connectivity index (χ4v) is 2.58. The molecule has 0 heterocycles. The minimum absolute atomic E-state index is 0.188. The molecule has 0 saturated heterocycles. The molecule has 1 unspecified atom stereocenters. The molecule has 0 aromatic heterocycles. The van der Waals surface area contributed by atoms with Crippen molar-refractivity contribution in [2.24, 2.45) is 5.73 Å². The summed E-state index contributed by atoms with van der Waals surface area (Å²) in [6.07, 6.45) is 0. The number of carbonyl (C=O) groups excluding carboxylic acids is 1. The van der Waals surface area contributed by atoms with Crippen LogP contribution in [0.2, 0.25) is 5.02 Å². The number of nitrogens with zero attached hydrogens (tertiary/aromatic N) is 1. The summed E-state index contributed by atoms with van der Waals surface area (Å²) in [5.74, 6) is -0.868. The van der Waals surface area contributed by atoms with Gasteiger partial charge in [-0.15, -0.1) is 0 Å². The maximum Gasteiger partial charge on any atom is 0.289 e. The summed E-state index contributed by atoms with van der Waals surface area (Å²) in [4.78, 5) is 20.3. The van der Waals surface area contributed by atoms with Crippen molar-refractivity contribution in [2.45, 2.75) is 17.9 Å². The van der Waals surface area contributed by atoms with Gasteiger partial charge in [0.2, 0.25) is 15.9 Å². The van der Waals surface area contributed by atoms with Crippen LogP contribution < -0.4 is 10.5 Å². The summed E-state index contributed by atoms with van der Waals surface area (Å²) in [5.41, 5.74) is 4.38. The van der Waals surface area contributed by atoms with Gasteiger partial charge in [0.1, 0.15) is 5.02 Å². The van der Waals surface area contributed by atoms with E-state index < -0.39 is 32.6 Å². The van der Waals surface area contributed by atoms with E-state index in [4.69, 9.17) is 17.3 Å². The summed E-state index contributed by atoms with van der Waals surface area (Å²) in [5, 5.41) is 10.5. The van der Waals surface area contributed by atoms with E-state index in [0.29, 0.717) is 0 Å². The van der Waals surface area contributed by atoms with E-state index in [9.17, 15) is 23.3 Å². The predicted octanol–water partition coefficient (Wildman–Crippen LogP) is 0.400. The van der Waals surface area contributed by atoms with Crippen molar-refractivity contribution < 1.29 is 18.1 Å². The highest BCUT2D eigenvalue weighted by Gasteiger charge is 2.23. The number of amides is 1. The van der Waals surface area contributed by atoms with Crippen molar-refractivity contribution in [3.63, 3.8) is 0 Å². The summed E-state index contributed by atoms with van der Waals surface area (Å²) in [7, 11) is -4.09. The number of nitrogens with two attached hydrogens (primary N) is 1. The normalized spacial score (nSPS) is 12.9. The first kappa shape index (κ1) is 15.3. The summed E-state index contributed by atoms with van der Waals surface area (Å²) >= 11 is 5.57. The number of rotatable bonds is 5. The van der Waals surface area contributed by atoms with Crippen LogP contribution in [0.4, 0.5) is 5.69 Å². The molecule has 10 heteroatoms. The molecule has 1 atom stereocenters. The number of nitro groups is 1. The lowest BCUT2D eigenvalue weighted by Gasteiger charge is -2.10. The fourth-order valence-electron chi connectivity index (χ4n) is 1.16. The van der Waals surface area contributed by atoms with Gasteiger partial charge in [-0.3, -0.25) is 14.9 Å². The predicted molar refractivity (Wildman–Crippen MR) is 67.1 cm³/mol. The number of nitro benzene ring substituents is 1. The van der Waals surface area contributed by atoms with Gasteiger partial charge in [-0.2, -0.15) is 4.72 Å². The second-order valence-electron chi connectivity index (χ2n) is 3.62. The van der Waals surface area contributed by atoms with Crippen molar-refractivity contribution in [1.82, 2.24) is 4.72 Å². The molecule has 19 heavy (non-hydrogen) atoms. The lowest BCUT2D eigenvalue weighted by atomic mass is 10.3. The SMILES string of the molecule is CC(NS(=O)(=O)c1ccc(Cl)c([N+](=O)[O-])c1)C(N)=O. The Hall–Kier alpha value is -1.71. The molecule has 0 spiro atoms. The molecule has 1 aromatic carbocycles. The van der Waals surface area contributed by atoms with Crippen molar-refractivity contribution in [3.05, 3.63) is 33.3 Å². The van der Waals surface area contributed by atoms with Crippen molar-refractivity contribution in [3.8, 4) is 0 Å². The van der Waals surface area contributed by atoms with Crippen LogP contribution in [-0.4, -0.2) is 25.3 Å². The highest BCUT2D eigenvalue weighted by Crippen LogP contribution is 2.26. The van der Waals surface area contributed by atoms with E-state index in [1.807, 2.05) is 4.72 Å². The number of halogens is 1. The van der Waals surface area contributed by atoms with Gasteiger partial charge < -0.3 is 5.73 Å². The van der Waals surface area contributed by atoms with Gasteiger partial charge in [0.15, 0.2) is 0 Å². The van der Waals surface area contributed by atoms with E-state index in [-0.39, 0.29) is 9.92 Å². The highest BCUT2D eigenvalue weighted by molar-refractivity contribution is 7.89. The van der Waals surface area contributed by atoms with Gasteiger partial charge in [0, 0.05) is 6.07 Å². The molecule has 0 saturated carbocycles. The van der Waals surface area contributed by atoms with Gasteiger partial charge in [-0.25, -0.2) is 8.42 Å². The molecule has 0 aliphatic rings. The molecule has 0 bridgehead atoms. The average Bonchev–Trinajstić information content (AvgIpc) is 2.27. The van der Waals surface area contributed by atoms with E-state index in [2.05, 4.69) is 0 Å². The van der Waals surface area contributed by atoms with Crippen LogP contribution in [-0.2, 0) is 14.8 Å². The zero-order valence-corrected chi connectivity index (χ0v) is 11.2. The zero-order chi connectivity index (χ0) is 14.8. The van der Waals surface area contributed by atoms with E-state index in [0.717, 1.165) is 18.2 Å². The number of benzene rings is 1.